The van der Waals surface area contributed by atoms with Crippen LogP contribution in [0, 0.1) is 12.3 Å². The monoisotopic (exact) mass is 296 g/mol. The summed E-state index contributed by atoms with van der Waals surface area (Å²) >= 11 is 0. The molecule has 114 valence electrons. The minimum Gasteiger partial charge on any atom is -0.394 e. The van der Waals surface area contributed by atoms with E-state index in [1.807, 2.05) is 0 Å². The molecule has 1 aromatic rings. The van der Waals surface area contributed by atoms with E-state index in [-0.39, 0.29) is 25.1 Å². The van der Waals surface area contributed by atoms with Crippen LogP contribution in [0.15, 0.2) is 15.8 Å². The zero-order valence-corrected chi connectivity index (χ0v) is 11.2. The van der Waals surface area contributed by atoms with E-state index < -0.39 is 36.3 Å². The van der Waals surface area contributed by atoms with Crippen molar-refractivity contribution in [2.45, 2.75) is 38.0 Å². The lowest BCUT2D eigenvalue weighted by Gasteiger charge is -2.17. The molecule has 3 N–H and O–H groups in total. The van der Waals surface area contributed by atoms with E-state index in [1.54, 1.807) is 0 Å². The van der Waals surface area contributed by atoms with Crippen molar-refractivity contribution in [1.29, 1.82) is 0 Å². The van der Waals surface area contributed by atoms with Gasteiger partial charge in [0, 0.05) is 12.6 Å². The number of ether oxygens (including phenoxy) is 1. The Balaban J connectivity index is 2.50. The number of hydrogen-bond donors (Lipinski definition) is 3. The number of nitrogens with zero attached hydrogens (tertiary/aromatic N) is 2. The van der Waals surface area contributed by atoms with Gasteiger partial charge in [0.2, 0.25) is 0 Å². The molecule has 0 aliphatic carbocycles. The van der Waals surface area contributed by atoms with Crippen LogP contribution >= 0.6 is 0 Å². The highest BCUT2D eigenvalue weighted by atomic mass is 16.5. The van der Waals surface area contributed by atoms with Crippen LogP contribution in [0.5, 0.6) is 0 Å². The summed E-state index contributed by atoms with van der Waals surface area (Å²) in [5, 5.41) is 28.0. The lowest BCUT2D eigenvalue weighted by molar-refractivity contribution is -0.0464. The molecule has 3 unspecified atom stereocenters. The largest absolute Gasteiger partial charge is 0.394 e. The zero-order valence-electron chi connectivity index (χ0n) is 11.2. The van der Waals surface area contributed by atoms with Gasteiger partial charge in [0.1, 0.15) is 12.3 Å². The number of aromatic nitrogens is 2. The molecule has 0 radical (unpaired) electrons. The standard InChI is InChI=1S/C13H16N2O6/c1-2-3-14-12(19)8(6-16)5-15(13(14)20)11-4-9(18)10(7-17)21-11/h1,5,9-11,16-18H,3-4,6-7H2. The van der Waals surface area contributed by atoms with E-state index in [9.17, 15) is 19.8 Å². The molecule has 0 bridgehead atoms. The molecule has 8 heteroatoms. The third-order valence-corrected chi connectivity index (χ3v) is 3.38. The highest BCUT2D eigenvalue weighted by molar-refractivity contribution is 5.06. The molecule has 0 aromatic carbocycles. The van der Waals surface area contributed by atoms with E-state index >= 15 is 0 Å². The molecule has 0 amide bonds. The first-order valence-electron chi connectivity index (χ1n) is 6.37. The summed E-state index contributed by atoms with van der Waals surface area (Å²) in [6, 6.07) is 0. The van der Waals surface area contributed by atoms with Gasteiger partial charge in [-0.25, -0.2) is 9.36 Å². The minimum atomic E-state index is -0.919. The first kappa shape index (κ1) is 15.5. The normalized spacial score (nSPS) is 25.0. The molecular formula is C13H16N2O6. The second kappa shape index (κ2) is 6.24. The van der Waals surface area contributed by atoms with Crippen LogP contribution in [0.3, 0.4) is 0 Å². The molecule has 2 heterocycles. The van der Waals surface area contributed by atoms with Crippen molar-refractivity contribution in [1.82, 2.24) is 9.13 Å². The van der Waals surface area contributed by atoms with Crippen LogP contribution in [-0.2, 0) is 17.9 Å². The van der Waals surface area contributed by atoms with Gasteiger partial charge in [-0.15, -0.1) is 6.42 Å². The molecule has 1 aliphatic rings. The Bertz CT molecular complexity index is 671. The molecule has 2 rings (SSSR count). The van der Waals surface area contributed by atoms with Crippen LogP contribution in [-0.4, -0.2) is 43.3 Å². The molecular weight excluding hydrogens is 280 g/mol. The molecule has 1 saturated heterocycles. The second-order valence-electron chi connectivity index (χ2n) is 4.71. The van der Waals surface area contributed by atoms with Gasteiger partial charge in [0.05, 0.1) is 31.4 Å². The van der Waals surface area contributed by atoms with E-state index in [0.29, 0.717) is 0 Å². The maximum Gasteiger partial charge on any atom is 0.333 e. The van der Waals surface area contributed by atoms with Gasteiger partial charge >= 0.3 is 5.69 Å². The van der Waals surface area contributed by atoms with Crippen molar-refractivity contribution in [3.8, 4) is 12.3 Å². The second-order valence-corrected chi connectivity index (χ2v) is 4.71. The van der Waals surface area contributed by atoms with Crippen LogP contribution < -0.4 is 11.2 Å². The molecule has 0 spiro atoms. The predicted octanol–water partition coefficient (Wildman–Crippen LogP) is -2.22. The van der Waals surface area contributed by atoms with E-state index in [2.05, 4.69) is 5.92 Å². The Morgan fingerprint density at radius 2 is 2.14 bits per heavy atom. The van der Waals surface area contributed by atoms with E-state index in [0.717, 1.165) is 9.13 Å². The van der Waals surface area contributed by atoms with Gasteiger partial charge < -0.3 is 20.1 Å². The molecule has 0 saturated carbocycles. The van der Waals surface area contributed by atoms with Gasteiger partial charge in [-0.3, -0.25) is 9.36 Å². The van der Waals surface area contributed by atoms with Crippen molar-refractivity contribution in [2.24, 2.45) is 0 Å². The highest BCUT2D eigenvalue weighted by Gasteiger charge is 2.35. The maximum absolute atomic E-state index is 12.3. The average Bonchev–Trinajstić information content (AvgIpc) is 2.84. The van der Waals surface area contributed by atoms with E-state index in [1.165, 1.54) is 6.20 Å². The summed E-state index contributed by atoms with van der Waals surface area (Å²) in [5.41, 5.74) is -1.35. The van der Waals surface area contributed by atoms with Crippen molar-refractivity contribution in [2.75, 3.05) is 6.61 Å². The van der Waals surface area contributed by atoms with Crippen molar-refractivity contribution in [3.63, 3.8) is 0 Å². The fourth-order valence-electron chi connectivity index (χ4n) is 2.27. The third-order valence-electron chi connectivity index (χ3n) is 3.38. The van der Waals surface area contributed by atoms with Crippen molar-refractivity contribution in [3.05, 3.63) is 32.6 Å². The molecule has 1 fully saturated rings. The molecule has 8 nitrogen and oxygen atoms in total. The number of hydrogen-bond acceptors (Lipinski definition) is 6. The first-order valence-corrected chi connectivity index (χ1v) is 6.37. The fourth-order valence-corrected chi connectivity index (χ4v) is 2.27. The van der Waals surface area contributed by atoms with Crippen LogP contribution in [0.4, 0.5) is 0 Å². The average molecular weight is 296 g/mol. The molecule has 3 atom stereocenters. The molecule has 21 heavy (non-hydrogen) atoms. The fraction of sp³-hybridized carbons (Fsp3) is 0.538. The summed E-state index contributed by atoms with van der Waals surface area (Å²) in [4.78, 5) is 24.2. The summed E-state index contributed by atoms with van der Waals surface area (Å²) in [5.74, 6) is 2.20. The Morgan fingerprint density at radius 1 is 1.43 bits per heavy atom. The van der Waals surface area contributed by atoms with Crippen LogP contribution in [0.2, 0.25) is 0 Å². The Kier molecular flexibility index (Phi) is 4.59. The summed E-state index contributed by atoms with van der Waals surface area (Å²) < 4.78 is 7.29. The van der Waals surface area contributed by atoms with Crippen molar-refractivity contribution < 1.29 is 20.1 Å². The zero-order chi connectivity index (χ0) is 15.6. The Morgan fingerprint density at radius 3 is 2.67 bits per heavy atom. The highest BCUT2D eigenvalue weighted by Crippen LogP contribution is 2.27. The molecule has 1 aromatic heterocycles. The number of aliphatic hydroxyl groups is 3. The SMILES string of the molecule is C#CCn1c(=O)c(CO)cn(C2CC(O)C(CO)O2)c1=O. The topological polar surface area (TPSA) is 114 Å². The summed E-state index contributed by atoms with van der Waals surface area (Å²) in [6.45, 7) is -1.17. The van der Waals surface area contributed by atoms with Gasteiger partial charge in [0.15, 0.2) is 0 Å². The smallest absolute Gasteiger partial charge is 0.333 e. The van der Waals surface area contributed by atoms with Gasteiger partial charge in [0.25, 0.3) is 5.56 Å². The number of rotatable bonds is 4. The van der Waals surface area contributed by atoms with Gasteiger partial charge in [-0.1, -0.05) is 5.92 Å². The lowest BCUT2D eigenvalue weighted by Crippen LogP contribution is -2.42. The van der Waals surface area contributed by atoms with E-state index in [4.69, 9.17) is 16.3 Å². The quantitative estimate of drug-likeness (QED) is 0.542. The van der Waals surface area contributed by atoms with Crippen LogP contribution in [0.1, 0.15) is 18.2 Å². The molecule has 1 aliphatic heterocycles. The third kappa shape index (κ3) is 2.77. The number of aliphatic hydroxyl groups excluding tert-OH is 3. The summed E-state index contributed by atoms with van der Waals surface area (Å²) in [6.07, 6.45) is 3.86. The first-order chi connectivity index (χ1) is 10.0. The number of terminal acetylenes is 1. The predicted molar refractivity (Wildman–Crippen MR) is 71.3 cm³/mol. The summed E-state index contributed by atoms with van der Waals surface area (Å²) in [7, 11) is 0. The van der Waals surface area contributed by atoms with Gasteiger partial charge in [-0.05, 0) is 0 Å². The minimum absolute atomic E-state index is 0.00427. The maximum atomic E-state index is 12.3. The Hall–Kier alpha value is -1.92. The van der Waals surface area contributed by atoms with Crippen molar-refractivity contribution >= 4 is 0 Å². The van der Waals surface area contributed by atoms with Crippen LogP contribution in [0.25, 0.3) is 0 Å². The van der Waals surface area contributed by atoms with Gasteiger partial charge in [-0.2, -0.15) is 0 Å². The Labute approximate surface area is 119 Å². The lowest BCUT2D eigenvalue weighted by atomic mass is 10.2.